The fourth-order valence-corrected chi connectivity index (χ4v) is 2.92. The Hall–Kier alpha value is -1.45. The van der Waals surface area contributed by atoms with Crippen molar-refractivity contribution in [3.63, 3.8) is 0 Å². The van der Waals surface area contributed by atoms with Crippen LogP contribution in [-0.4, -0.2) is 12.6 Å². The molecule has 3 nitrogen and oxygen atoms in total. The minimum absolute atomic E-state index is 0.00323. The molecule has 1 unspecified atom stereocenters. The quantitative estimate of drug-likeness (QED) is 0.929. The second-order valence-corrected chi connectivity index (χ2v) is 6.14. The Morgan fingerprint density at radius 3 is 2.70 bits per heavy atom. The maximum Gasteiger partial charge on any atom is 0.193 e. The predicted octanol–water partition coefficient (Wildman–Crippen LogP) is 3.96. The smallest absolute Gasteiger partial charge is 0.193 e. The average molecular weight is 292 g/mol. The molecular weight excluding hydrogens is 274 g/mol. The minimum atomic E-state index is -0.121. The first kappa shape index (κ1) is 13.5. The van der Waals surface area contributed by atoms with Gasteiger partial charge in [0, 0.05) is 6.42 Å². The van der Waals surface area contributed by atoms with Crippen LogP contribution < -0.4 is 10.1 Å². The van der Waals surface area contributed by atoms with Gasteiger partial charge in [0.15, 0.2) is 5.22 Å². The second-order valence-electron chi connectivity index (χ2n) is 5.77. The summed E-state index contributed by atoms with van der Waals surface area (Å²) < 4.78 is 11.4. The van der Waals surface area contributed by atoms with Crippen molar-refractivity contribution in [2.24, 2.45) is 0 Å². The fourth-order valence-electron chi connectivity index (χ4n) is 2.77. The molecule has 1 aliphatic rings. The number of rotatable bonds is 3. The number of hydrogen-bond donors (Lipinski definition) is 1. The van der Waals surface area contributed by atoms with Gasteiger partial charge < -0.3 is 14.5 Å². The molecule has 0 saturated heterocycles. The van der Waals surface area contributed by atoms with Crippen molar-refractivity contribution < 1.29 is 9.15 Å². The molecule has 1 aromatic heterocycles. The van der Waals surface area contributed by atoms with Gasteiger partial charge in [0.05, 0.1) is 6.04 Å². The lowest BCUT2D eigenvalue weighted by Crippen LogP contribution is -2.24. The SMILES string of the molecule is CNC(c1ccc2c(c1)CC(C)(C)O2)c1ccc(Cl)o1. The molecule has 0 aliphatic carbocycles. The molecule has 20 heavy (non-hydrogen) atoms. The Morgan fingerprint density at radius 1 is 1.25 bits per heavy atom. The summed E-state index contributed by atoms with van der Waals surface area (Å²) in [5, 5.41) is 3.67. The molecule has 2 aromatic rings. The number of fused-ring (bicyclic) bond motifs is 1. The normalized spacial score (nSPS) is 17.6. The zero-order valence-electron chi connectivity index (χ0n) is 11.9. The van der Waals surface area contributed by atoms with Crippen LogP contribution in [0.5, 0.6) is 5.75 Å². The molecule has 2 heterocycles. The number of halogens is 1. The van der Waals surface area contributed by atoms with Gasteiger partial charge in [-0.25, -0.2) is 0 Å². The van der Waals surface area contributed by atoms with E-state index in [-0.39, 0.29) is 11.6 Å². The standard InChI is InChI=1S/C16H18ClNO2/c1-16(2)9-11-8-10(4-5-12(11)20-16)15(18-3)13-6-7-14(17)19-13/h4-8,15,18H,9H2,1-3H3. The molecule has 0 amide bonds. The van der Waals surface area contributed by atoms with Crippen LogP contribution >= 0.6 is 11.6 Å². The molecule has 4 heteroatoms. The van der Waals surface area contributed by atoms with E-state index in [2.05, 4.69) is 31.3 Å². The number of hydrogen-bond acceptors (Lipinski definition) is 3. The first-order valence-corrected chi connectivity index (χ1v) is 7.11. The van der Waals surface area contributed by atoms with Crippen molar-refractivity contribution >= 4 is 11.6 Å². The number of furan rings is 1. The van der Waals surface area contributed by atoms with Gasteiger partial charge in [0.2, 0.25) is 0 Å². The lowest BCUT2D eigenvalue weighted by molar-refractivity contribution is 0.138. The third-order valence-electron chi connectivity index (χ3n) is 3.59. The highest BCUT2D eigenvalue weighted by atomic mass is 35.5. The molecule has 0 spiro atoms. The molecule has 0 saturated carbocycles. The van der Waals surface area contributed by atoms with E-state index in [0.29, 0.717) is 5.22 Å². The van der Waals surface area contributed by atoms with Gasteiger partial charge in [-0.05, 0) is 67.9 Å². The van der Waals surface area contributed by atoms with Crippen LogP contribution in [0, 0.1) is 0 Å². The summed E-state index contributed by atoms with van der Waals surface area (Å²) in [7, 11) is 1.91. The van der Waals surface area contributed by atoms with E-state index in [0.717, 1.165) is 23.5 Å². The second kappa shape index (κ2) is 4.83. The molecule has 106 valence electrons. The van der Waals surface area contributed by atoms with E-state index in [1.807, 2.05) is 19.2 Å². The highest BCUT2D eigenvalue weighted by molar-refractivity contribution is 6.28. The minimum Gasteiger partial charge on any atom is -0.487 e. The maximum atomic E-state index is 5.91. The lowest BCUT2D eigenvalue weighted by Gasteiger charge is -2.16. The molecule has 1 N–H and O–H groups in total. The van der Waals surface area contributed by atoms with E-state index in [1.54, 1.807) is 6.07 Å². The Bertz CT molecular complexity index is 633. The summed E-state index contributed by atoms with van der Waals surface area (Å²) in [6.07, 6.45) is 0.922. The van der Waals surface area contributed by atoms with Crippen LogP contribution in [0.1, 0.15) is 36.8 Å². The monoisotopic (exact) mass is 291 g/mol. The molecular formula is C16H18ClNO2. The summed E-state index contributed by atoms with van der Waals surface area (Å²) in [5.74, 6) is 1.79. The van der Waals surface area contributed by atoms with Gasteiger partial charge >= 0.3 is 0 Å². The number of ether oxygens (including phenoxy) is 1. The zero-order valence-corrected chi connectivity index (χ0v) is 12.6. The zero-order chi connectivity index (χ0) is 14.3. The highest BCUT2D eigenvalue weighted by Crippen LogP contribution is 2.37. The van der Waals surface area contributed by atoms with Crippen molar-refractivity contribution in [2.75, 3.05) is 7.05 Å². The Kier molecular flexibility index (Phi) is 3.27. The molecule has 0 radical (unpaired) electrons. The summed E-state index contributed by atoms with van der Waals surface area (Å²) in [5.41, 5.74) is 2.27. The van der Waals surface area contributed by atoms with Crippen molar-refractivity contribution in [3.8, 4) is 5.75 Å². The molecule has 0 fully saturated rings. The molecule has 1 atom stereocenters. The third-order valence-corrected chi connectivity index (χ3v) is 3.79. The Labute approximate surface area is 123 Å². The number of benzene rings is 1. The van der Waals surface area contributed by atoms with Gasteiger partial charge in [-0.1, -0.05) is 6.07 Å². The van der Waals surface area contributed by atoms with Crippen LogP contribution in [0.3, 0.4) is 0 Å². The van der Waals surface area contributed by atoms with E-state index >= 15 is 0 Å². The Morgan fingerprint density at radius 2 is 2.05 bits per heavy atom. The first-order chi connectivity index (χ1) is 9.48. The molecule has 1 aromatic carbocycles. The van der Waals surface area contributed by atoms with E-state index in [9.17, 15) is 0 Å². The fraction of sp³-hybridized carbons (Fsp3) is 0.375. The predicted molar refractivity (Wildman–Crippen MR) is 79.5 cm³/mol. The van der Waals surface area contributed by atoms with Crippen molar-refractivity contribution in [1.82, 2.24) is 5.32 Å². The summed E-state index contributed by atoms with van der Waals surface area (Å²) in [6.45, 7) is 4.21. The topological polar surface area (TPSA) is 34.4 Å². The van der Waals surface area contributed by atoms with E-state index in [4.69, 9.17) is 20.8 Å². The van der Waals surface area contributed by atoms with Crippen LogP contribution in [0.2, 0.25) is 5.22 Å². The van der Waals surface area contributed by atoms with Gasteiger partial charge in [0.25, 0.3) is 0 Å². The third kappa shape index (κ3) is 2.43. The van der Waals surface area contributed by atoms with E-state index in [1.165, 1.54) is 5.56 Å². The largest absolute Gasteiger partial charge is 0.487 e. The molecule has 1 aliphatic heterocycles. The molecule has 0 bridgehead atoms. The maximum absolute atomic E-state index is 5.91. The van der Waals surface area contributed by atoms with Crippen molar-refractivity contribution in [3.05, 3.63) is 52.4 Å². The van der Waals surface area contributed by atoms with Crippen molar-refractivity contribution in [1.29, 1.82) is 0 Å². The summed E-state index contributed by atoms with van der Waals surface area (Å²) in [6, 6.07) is 9.95. The molecule has 3 rings (SSSR count). The van der Waals surface area contributed by atoms with E-state index < -0.39 is 0 Å². The van der Waals surface area contributed by atoms with Gasteiger partial charge in [-0.2, -0.15) is 0 Å². The lowest BCUT2D eigenvalue weighted by atomic mass is 9.97. The average Bonchev–Trinajstić information content (AvgIpc) is 2.91. The van der Waals surface area contributed by atoms with Crippen molar-refractivity contribution in [2.45, 2.75) is 31.9 Å². The van der Waals surface area contributed by atoms with Gasteiger partial charge in [-0.15, -0.1) is 0 Å². The van der Waals surface area contributed by atoms with Crippen LogP contribution in [0.15, 0.2) is 34.7 Å². The summed E-state index contributed by atoms with van der Waals surface area (Å²) in [4.78, 5) is 0. The number of nitrogens with one attached hydrogen (secondary N) is 1. The van der Waals surface area contributed by atoms with Crippen LogP contribution in [-0.2, 0) is 6.42 Å². The van der Waals surface area contributed by atoms with Crippen LogP contribution in [0.4, 0.5) is 0 Å². The van der Waals surface area contributed by atoms with Crippen LogP contribution in [0.25, 0.3) is 0 Å². The van der Waals surface area contributed by atoms with Gasteiger partial charge in [-0.3, -0.25) is 0 Å². The highest BCUT2D eigenvalue weighted by Gasteiger charge is 2.30. The van der Waals surface area contributed by atoms with Gasteiger partial charge in [0.1, 0.15) is 17.1 Å². The Balaban J connectivity index is 1.95. The first-order valence-electron chi connectivity index (χ1n) is 6.73. The summed E-state index contributed by atoms with van der Waals surface area (Å²) >= 11 is 5.87.